The van der Waals surface area contributed by atoms with E-state index in [4.69, 9.17) is 11.5 Å². The quantitative estimate of drug-likeness (QED) is 0.745. The molecule has 0 radical (unpaired) electrons. The van der Waals surface area contributed by atoms with E-state index in [1.807, 2.05) is 18.2 Å². The molecule has 0 atom stereocenters. The van der Waals surface area contributed by atoms with Crippen LogP contribution in [0.2, 0.25) is 0 Å². The van der Waals surface area contributed by atoms with Crippen molar-refractivity contribution in [1.82, 2.24) is 0 Å². The SMILES string of the molecule is CC(C)c1ccccc1Nc1cc(N)ccc1C(N)=O. The van der Waals surface area contributed by atoms with Gasteiger partial charge >= 0.3 is 0 Å². The molecular formula is C16H19N3O. The van der Waals surface area contributed by atoms with Gasteiger partial charge < -0.3 is 16.8 Å². The summed E-state index contributed by atoms with van der Waals surface area (Å²) in [6, 6.07) is 13.0. The molecule has 4 nitrogen and oxygen atoms in total. The van der Waals surface area contributed by atoms with Gasteiger partial charge in [-0.25, -0.2) is 0 Å². The van der Waals surface area contributed by atoms with Crippen molar-refractivity contribution >= 4 is 23.0 Å². The molecule has 0 aromatic heterocycles. The summed E-state index contributed by atoms with van der Waals surface area (Å²) in [5, 5.41) is 3.26. The van der Waals surface area contributed by atoms with Gasteiger partial charge in [0.25, 0.3) is 5.91 Å². The number of benzene rings is 2. The Bertz CT molecular complexity index is 635. The summed E-state index contributed by atoms with van der Waals surface area (Å²) in [7, 11) is 0. The lowest BCUT2D eigenvalue weighted by Gasteiger charge is -2.16. The predicted molar refractivity (Wildman–Crippen MR) is 83.2 cm³/mol. The van der Waals surface area contributed by atoms with E-state index in [1.165, 1.54) is 5.56 Å². The second-order valence-corrected chi connectivity index (χ2v) is 5.04. The van der Waals surface area contributed by atoms with Crippen LogP contribution < -0.4 is 16.8 Å². The summed E-state index contributed by atoms with van der Waals surface area (Å²) in [6.07, 6.45) is 0. The Labute approximate surface area is 118 Å². The highest BCUT2D eigenvalue weighted by molar-refractivity contribution is 6.00. The predicted octanol–water partition coefficient (Wildman–Crippen LogP) is 3.23. The zero-order valence-corrected chi connectivity index (χ0v) is 11.7. The number of para-hydroxylation sites is 1. The Kier molecular flexibility index (Phi) is 3.94. The fourth-order valence-electron chi connectivity index (χ4n) is 2.14. The van der Waals surface area contributed by atoms with Crippen molar-refractivity contribution in [3.05, 3.63) is 53.6 Å². The standard InChI is InChI=1S/C16H19N3O/c1-10(2)12-5-3-4-6-14(12)19-15-9-11(17)7-8-13(15)16(18)20/h3-10,19H,17H2,1-2H3,(H2,18,20). The maximum absolute atomic E-state index is 11.5. The molecule has 0 bridgehead atoms. The third kappa shape index (κ3) is 2.91. The summed E-state index contributed by atoms with van der Waals surface area (Å²) in [6.45, 7) is 4.24. The second kappa shape index (κ2) is 5.65. The Morgan fingerprint density at radius 2 is 1.80 bits per heavy atom. The highest BCUT2D eigenvalue weighted by Crippen LogP contribution is 2.29. The summed E-state index contributed by atoms with van der Waals surface area (Å²) in [5.41, 5.74) is 15.0. The van der Waals surface area contributed by atoms with Gasteiger partial charge in [-0.15, -0.1) is 0 Å². The lowest BCUT2D eigenvalue weighted by atomic mass is 10.0. The highest BCUT2D eigenvalue weighted by Gasteiger charge is 2.11. The first-order valence-corrected chi connectivity index (χ1v) is 6.54. The van der Waals surface area contributed by atoms with Crippen molar-refractivity contribution in [3.8, 4) is 0 Å². The van der Waals surface area contributed by atoms with Crippen LogP contribution in [-0.4, -0.2) is 5.91 Å². The van der Waals surface area contributed by atoms with Crippen molar-refractivity contribution in [2.24, 2.45) is 5.73 Å². The first kappa shape index (κ1) is 13.9. The van der Waals surface area contributed by atoms with Crippen LogP contribution in [0.25, 0.3) is 0 Å². The Hall–Kier alpha value is -2.49. The number of amides is 1. The third-order valence-electron chi connectivity index (χ3n) is 3.16. The summed E-state index contributed by atoms with van der Waals surface area (Å²) >= 11 is 0. The number of nitrogens with two attached hydrogens (primary N) is 2. The first-order valence-electron chi connectivity index (χ1n) is 6.54. The molecule has 0 fully saturated rings. The maximum atomic E-state index is 11.5. The number of hydrogen-bond acceptors (Lipinski definition) is 3. The van der Waals surface area contributed by atoms with Gasteiger partial charge in [-0.3, -0.25) is 4.79 Å². The molecule has 1 amide bonds. The van der Waals surface area contributed by atoms with Gasteiger partial charge in [0.1, 0.15) is 0 Å². The van der Waals surface area contributed by atoms with Crippen LogP contribution in [0.4, 0.5) is 17.1 Å². The van der Waals surface area contributed by atoms with Crippen molar-refractivity contribution in [2.45, 2.75) is 19.8 Å². The van der Waals surface area contributed by atoms with Gasteiger partial charge in [-0.2, -0.15) is 0 Å². The van der Waals surface area contributed by atoms with Gasteiger partial charge in [0.15, 0.2) is 0 Å². The summed E-state index contributed by atoms with van der Waals surface area (Å²) in [5.74, 6) is -0.105. The molecule has 5 N–H and O–H groups in total. The van der Waals surface area contributed by atoms with E-state index >= 15 is 0 Å². The zero-order valence-electron chi connectivity index (χ0n) is 11.7. The average molecular weight is 269 g/mol. The normalized spacial score (nSPS) is 10.6. The van der Waals surface area contributed by atoms with Gasteiger partial charge in [-0.1, -0.05) is 32.0 Å². The van der Waals surface area contributed by atoms with E-state index in [2.05, 4.69) is 25.2 Å². The molecule has 0 saturated heterocycles. The van der Waals surface area contributed by atoms with E-state index in [-0.39, 0.29) is 0 Å². The molecule has 104 valence electrons. The first-order chi connectivity index (χ1) is 9.49. The van der Waals surface area contributed by atoms with E-state index in [1.54, 1.807) is 18.2 Å². The molecule has 0 spiro atoms. The van der Waals surface area contributed by atoms with E-state index in [9.17, 15) is 4.79 Å². The Balaban J connectivity index is 2.45. The van der Waals surface area contributed by atoms with Gasteiger partial charge in [0.2, 0.25) is 0 Å². The number of anilines is 3. The second-order valence-electron chi connectivity index (χ2n) is 5.04. The molecule has 4 heteroatoms. The number of carbonyl (C=O) groups excluding carboxylic acids is 1. The summed E-state index contributed by atoms with van der Waals surface area (Å²) < 4.78 is 0. The van der Waals surface area contributed by atoms with E-state index < -0.39 is 5.91 Å². The lowest BCUT2D eigenvalue weighted by molar-refractivity contribution is 0.100. The van der Waals surface area contributed by atoms with Crippen molar-refractivity contribution < 1.29 is 4.79 Å². The molecule has 2 aromatic carbocycles. The minimum atomic E-state index is -0.477. The molecule has 2 aromatic rings. The molecule has 0 saturated carbocycles. The smallest absolute Gasteiger partial charge is 0.250 e. The maximum Gasteiger partial charge on any atom is 0.250 e. The van der Waals surface area contributed by atoms with Crippen LogP contribution in [-0.2, 0) is 0 Å². The molecule has 0 aliphatic carbocycles. The minimum absolute atomic E-state index is 0.372. The fourth-order valence-corrected chi connectivity index (χ4v) is 2.14. The number of nitrogens with one attached hydrogen (secondary N) is 1. The van der Waals surface area contributed by atoms with Crippen LogP contribution >= 0.6 is 0 Å². The highest BCUT2D eigenvalue weighted by atomic mass is 16.1. The fraction of sp³-hybridized carbons (Fsp3) is 0.188. The molecular weight excluding hydrogens is 250 g/mol. The number of hydrogen-bond donors (Lipinski definition) is 3. The van der Waals surface area contributed by atoms with Crippen LogP contribution in [0.5, 0.6) is 0 Å². The largest absolute Gasteiger partial charge is 0.399 e. The van der Waals surface area contributed by atoms with E-state index in [0.717, 1.165) is 5.69 Å². The van der Waals surface area contributed by atoms with E-state index in [0.29, 0.717) is 22.9 Å². The Morgan fingerprint density at radius 1 is 1.10 bits per heavy atom. The van der Waals surface area contributed by atoms with Gasteiger partial charge in [-0.05, 0) is 35.7 Å². The number of primary amides is 1. The molecule has 0 aliphatic heterocycles. The number of nitrogen functional groups attached to an aromatic ring is 1. The van der Waals surface area contributed by atoms with Crippen LogP contribution in [0.3, 0.4) is 0 Å². The topological polar surface area (TPSA) is 81.1 Å². The third-order valence-corrected chi connectivity index (χ3v) is 3.16. The number of carbonyl (C=O) groups is 1. The molecule has 0 aliphatic rings. The van der Waals surface area contributed by atoms with Crippen molar-refractivity contribution in [2.75, 3.05) is 11.1 Å². The minimum Gasteiger partial charge on any atom is -0.399 e. The molecule has 20 heavy (non-hydrogen) atoms. The molecule has 0 heterocycles. The van der Waals surface area contributed by atoms with Gasteiger partial charge in [0, 0.05) is 11.4 Å². The van der Waals surface area contributed by atoms with Crippen molar-refractivity contribution in [3.63, 3.8) is 0 Å². The number of rotatable bonds is 4. The van der Waals surface area contributed by atoms with Crippen molar-refractivity contribution in [1.29, 1.82) is 0 Å². The van der Waals surface area contributed by atoms with Crippen LogP contribution in [0, 0.1) is 0 Å². The van der Waals surface area contributed by atoms with Crippen LogP contribution in [0.1, 0.15) is 35.7 Å². The van der Waals surface area contributed by atoms with Crippen LogP contribution in [0.15, 0.2) is 42.5 Å². The monoisotopic (exact) mass is 269 g/mol. The average Bonchev–Trinajstić information content (AvgIpc) is 2.38. The van der Waals surface area contributed by atoms with Gasteiger partial charge in [0.05, 0.1) is 11.3 Å². The molecule has 2 rings (SSSR count). The summed E-state index contributed by atoms with van der Waals surface area (Å²) in [4.78, 5) is 11.5. The lowest BCUT2D eigenvalue weighted by Crippen LogP contribution is -2.13. The Morgan fingerprint density at radius 3 is 2.45 bits per heavy atom. The zero-order chi connectivity index (χ0) is 14.7. The molecule has 0 unspecified atom stereocenters.